The summed E-state index contributed by atoms with van der Waals surface area (Å²) in [5.74, 6) is -0.144. The second kappa shape index (κ2) is 3.70. The highest BCUT2D eigenvalue weighted by atomic mass is 16.6. The molecule has 2 saturated heterocycles. The molecule has 0 radical (unpaired) electrons. The summed E-state index contributed by atoms with van der Waals surface area (Å²) in [7, 11) is 0. The second-order valence-corrected chi connectivity index (χ2v) is 6.58. The van der Waals surface area contributed by atoms with E-state index in [0.29, 0.717) is 24.2 Å². The molecular weight excluding hydrogens is 232 g/mol. The van der Waals surface area contributed by atoms with Gasteiger partial charge in [-0.05, 0) is 44.4 Å². The van der Waals surface area contributed by atoms with Crippen LogP contribution in [0.3, 0.4) is 0 Å². The quantitative estimate of drug-likeness (QED) is 0.780. The van der Waals surface area contributed by atoms with Gasteiger partial charge in [-0.15, -0.1) is 0 Å². The molecule has 4 aliphatic rings. The number of aliphatic carboxylic acids is 1. The summed E-state index contributed by atoms with van der Waals surface area (Å²) in [6.07, 6.45) is 8.18. The van der Waals surface area contributed by atoms with Crippen LogP contribution in [0.2, 0.25) is 0 Å². The molecule has 6 atom stereocenters. The molecule has 4 heteroatoms. The third-order valence-corrected chi connectivity index (χ3v) is 5.44. The van der Waals surface area contributed by atoms with Gasteiger partial charge >= 0.3 is 5.97 Å². The van der Waals surface area contributed by atoms with E-state index in [1.54, 1.807) is 0 Å². The Labute approximate surface area is 107 Å². The number of carbonyl (C=O) groups is 1. The summed E-state index contributed by atoms with van der Waals surface area (Å²) >= 11 is 0. The first kappa shape index (κ1) is 11.2. The number of carboxylic acid groups (broad SMARTS) is 1. The number of carboxylic acids is 1. The molecule has 0 aromatic carbocycles. The molecule has 0 aromatic rings. The van der Waals surface area contributed by atoms with Crippen molar-refractivity contribution in [2.24, 2.45) is 11.3 Å². The van der Waals surface area contributed by atoms with Gasteiger partial charge in [-0.25, -0.2) is 0 Å². The van der Waals surface area contributed by atoms with Crippen molar-refractivity contribution in [2.45, 2.75) is 69.4 Å². The van der Waals surface area contributed by atoms with E-state index < -0.39 is 11.4 Å². The lowest BCUT2D eigenvalue weighted by molar-refractivity contribution is -0.152. The number of rotatable bonds is 3. The Balaban J connectivity index is 1.50. The zero-order valence-electron chi connectivity index (χ0n) is 10.5. The van der Waals surface area contributed by atoms with Gasteiger partial charge in [0.1, 0.15) is 0 Å². The Hall–Kier alpha value is -0.610. The van der Waals surface area contributed by atoms with Crippen molar-refractivity contribution >= 4 is 5.97 Å². The summed E-state index contributed by atoms with van der Waals surface area (Å²) in [5.41, 5.74) is -0.532. The molecule has 1 N–H and O–H groups in total. The van der Waals surface area contributed by atoms with Crippen LogP contribution in [0.25, 0.3) is 0 Å². The van der Waals surface area contributed by atoms with Gasteiger partial charge in [-0.2, -0.15) is 0 Å². The molecular formula is C14H20O4. The van der Waals surface area contributed by atoms with Crippen LogP contribution >= 0.6 is 0 Å². The first-order chi connectivity index (χ1) is 8.68. The van der Waals surface area contributed by atoms with E-state index in [-0.39, 0.29) is 6.10 Å². The van der Waals surface area contributed by atoms with E-state index in [2.05, 4.69) is 0 Å². The highest BCUT2D eigenvalue weighted by Crippen LogP contribution is 2.53. The Morgan fingerprint density at radius 3 is 2.83 bits per heavy atom. The Morgan fingerprint density at radius 2 is 2.06 bits per heavy atom. The molecule has 4 nitrogen and oxygen atoms in total. The molecule has 4 fully saturated rings. The second-order valence-electron chi connectivity index (χ2n) is 6.58. The number of fused-ring (bicyclic) bond motifs is 2. The minimum Gasteiger partial charge on any atom is -0.481 e. The van der Waals surface area contributed by atoms with Crippen molar-refractivity contribution in [1.29, 1.82) is 0 Å². The highest BCUT2D eigenvalue weighted by molar-refractivity contribution is 5.75. The zero-order valence-corrected chi connectivity index (χ0v) is 10.5. The largest absolute Gasteiger partial charge is 0.481 e. The number of hydrogen-bond acceptors (Lipinski definition) is 3. The minimum absolute atomic E-state index is 0.231. The van der Waals surface area contributed by atoms with Crippen molar-refractivity contribution in [3.8, 4) is 0 Å². The lowest BCUT2D eigenvalue weighted by Gasteiger charge is -2.35. The minimum atomic E-state index is -0.612. The van der Waals surface area contributed by atoms with Gasteiger partial charge in [0.25, 0.3) is 0 Å². The van der Waals surface area contributed by atoms with E-state index >= 15 is 0 Å². The van der Waals surface area contributed by atoms with Crippen LogP contribution in [0.4, 0.5) is 0 Å². The van der Waals surface area contributed by atoms with Crippen LogP contribution in [-0.4, -0.2) is 35.5 Å². The van der Waals surface area contributed by atoms with Crippen LogP contribution in [0.15, 0.2) is 0 Å². The molecule has 2 aliphatic heterocycles. The molecule has 0 bridgehead atoms. The third-order valence-electron chi connectivity index (χ3n) is 5.44. The molecule has 2 saturated carbocycles. The first-order valence-electron chi connectivity index (χ1n) is 7.22. The van der Waals surface area contributed by atoms with Crippen molar-refractivity contribution < 1.29 is 19.4 Å². The van der Waals surface area contributed by atoms with Gasteiger partial charge in [-0.3, -0.25) is 4.79 Å². The van der Waals surface area contributed by atoms with Gasteiger partial charge in [0.15, 0.2) is 0 Å². The Morgan fingerprint density at radius 1 is 1.17 bits per heavy atom. The molecule has 6 unspecified atom stereocenters. The van der Waals surface area contributed by atoms with Gasteiger partial charge < -0.3 is 14.6 Å². The smallest absolute Gasteiger partial charge is 0.309 e. The lowest BCUT2D eigenvalue weighted by Crippen LogP contribution is -2.39. The van der Waals surface area contributed by atoms with Crippen LogP contribution in [0.5, 0.6) is 0 Å². The number of epoxide rings is 2. The number of hydrogen-bond donors (Lipinski definition) is 1. The maximum absolute atomic E-state index is 11.7. The van der Waals surface area contributed by atoms with Gasteiger partial charge in [0, 0.05) is 0 Å². The topological polar surface area (TPSA) is 62.4 Å². The van der Waals surface area contributed by atoms with Crippen LogP contribution < -0.4 is 0 Å². The van der Waals surface area contributed by atoms with Crippen LogP contribution in [-0.2, 0) is 14.3 Å². The molecule has 2 aliphatic carbocycles. The highest BCUT2D eigenvalue weighted by Gasteiger charge is 2.57. The lowest BCUT2D eigenvalue weighted by atomic mass is 9.67. The maximum atomic E-state index is 11.7. The Kier molecular flexibility index (Phi) is 2.31. The van der Waals surface area contributed by atoms with Crippen LogP contribution in [0, 0.1) is 11.3 Å². The third kappa shape index (κ3) is 1.69. The van der Waals surface area contributed by atoms with E-state index in [4.69, 9.17) is 9.47 Å². The van der Waals surface area contributed by atoms with Crippen LogP contribution in [0.1, 0.15) is 44.9 Å². The molecule has 4 rings (SSSR count). The molecule has 100 valence electrons. The van der Waals surface area contributed by atoms with Crippen molar-refractivity contribution in [1.82, 2.24) is 0 Å². The summed E-state index contributed by atoms with van der Waals surface area (Å²) in [4.78, 5) is 11.7. The van der Waals surface area contributed by atoms with E-state index in [9.17, 15) is 9.90 Å². The normalized spacial score (nSPS) is 53.2. The summed E-state index contributed by atoms with van der Waals surface area (Å²) < 4.78 is 11.2. The summed E-state index contributed by atoms with van der Waals surface area (Å²) in [6, 6.07) is 0. The fraction of sp³-hybridized carbons (Fsp3) is 0.929. The zero-order chi connectivity index (χ0) is 12.3. The van der Waals surface area contributed by atoms with Gasteiger partial charge in [-0.1, -0.05) is 6.42 Å². The van der Waals surface area contributed by atoms with E-state index in [0.717, 1.165) is 32.1 Å². The molecule has 2 heterocycles. The standard InChI is InChI=1S/C14H20O4/c15-13(16)14(5-4-9-11(7-14)17-9)6-8-2-1-3-10-12(8)18-10/h8-12H,1-7H2,(H,15,16). The van der Waals surface area contributed by atoms with Gasteiger partial charge in [0.05, 0.1) is 29.8 Å². The fourth-order valence-corrected chi connectivity index (χ4v) is 4.25. The maximum Gasteiger partial charge on any atom is 0.309 e. The molecule has 0 spiro atoms. The predicted molar refractivity (Wildman–Crippen MR) is 63.2 cm³/mol. The fourth-order valence-electron chi connectivity index (χ4n) is 4.25. The molecule has 18 heavy (non-hydrogen) atoms. The van der Waals surface area contributed by atoms with Crippen molar-refractivity contribution in [2.75, 3.05) is 0 Å². The first-order valence-corrected chi connectivity index (χ1v) is 7.22. The van der Waals surface area contributed by atoms with Gasteiger partial charge in [0.2, 0.25) is 0 Å². The molecule has 0 amide bonds. The number of ether oxygens (including phenoxy) is 2. The SMILES string of the molecule is O=C(O)C1(CC2CCCC3OC23)CCC2OC2C1. The average molecular weight is 252 g/mol. The van der Waals surface area contributed by atoms with Crippen molar-refractivity contribution in [3.05, 3.63) is 0 Å². The predicted octanol–water partition coefficient (Wildman–Crippen LogP) is 1.97. The van der Waals surface area contributed by atoms with Crippen molar-refractivity contribution in [3.63, 3.8) is 0 Å². The van der Waals surface area contributed by atoms with E-state index in [1.165, 1.54) is 12.8 Å². The molecule has 0 aromatic heterocycles. The Bertz CT molecular complexity index is 382. The summed E-state index contributed by atoms with van der Waals surface area (Å²) in [6.45, 7) is 0. The summed E-state index contributed by atoms with van der Waals surface area (Å²) in [5, 5.41) is 9.66. The van der Waals surface area contributed by atoms with E-state index in [1.807, 2.05) is 0 Å². The average Bonchev–Trinajstić information content (AvgIpc) is 3.22. The monoisotopic (exact) mass is 252 g/mol.